The molecule has 2 aromatic rings. The number of aromatic hydroxyl groups is 2. The van der Waals surface area contributed by atoms with Crippen LogP contribution >= 0.6 is 0 Å². The number of hydrogen-bond acceptors (Lipinski definition) is 6. The van der Waals surface area contributed by atoms with Gasteiger partial charge in [-0.25, -0.2) is 0 Å². The van der Waals surface area contributed by atoms with Gasteiger partial charge in [-0.1, -0.05) is 0 Å². The maximum atomic E-state index is 10.3. The fraction of sp³-hybridized carbons (Fsp3) is 0.250. The van der Waals surface area contributed by atoms with E-state index in [2.05, 4.69) is 0 Å². The third-order valence-corrected chi connectivity index (χ3v) is 3.30. The van der Waals surface area contributed by atoms with E-state index < -0.39 is 0 Å². The van der Waals surface area contributed by atoms with Gasteiger partial charge in [0, 0.05) is 23.3 Å². The van der Waals surface area contributed by atoms with Crippen LogP contribution in [0.25, 0.3) is 11.1 Å². The van der Waals surface area contributed by atoms with Crippen molar-refractivity contribution in [1.29, 1.82) is 0 Å². The zero-order chi connectivity index (χ0) is 16.3. The first-order valence-electron chi connectivity index (χ1n) is 6.46. The second-order valence-corrected chi connectivity index (χ2v) is 4.45. The highest BCUT2D eigenvalue weighted by molar-refractivity contribution is 5.82. The standard InChI is InChI=1S/C16H18O6/c1-19-9-5-11(15(17)13(7-9)21-3)12-6-10(20-2)8-14(22-4)16(12)18/h5-8,17-18H,1-4H3. The minimum atomic E-state index is -0.117. The van der Waals surface area contributed by atoms with Gasteiger partial charge in [-0.05, 0) is 12.1 Å². The van der Waals surface area contributed by atoms with Gasteiger partial charge < -0.3 is 29.2 Å². The maximum Gasteiger partial charge on any atom is 0.166 e. The number of benzene rings is 2. The molecule has 0 atom stereocenters. The van der Waals surface area contributed by atoms with E-state index in [9.17, 15) is 10.2 Å². The Morgan fingerprint density at radius 3 is 1.23 bits per heavy atom. The van der Waals surface area contributed by atoms with Crippen molar-refractivity contribution < 1.29 is 29.2 Å². The summed E-state index contributed by atoms with van der Waals surface area (Å²) in [5.74, 6) is 1.19. The summed E-state index contributed by atoms with van der Waals surface area (Å²) in [6.07, 6.45) is 0. The number of ether oxygens (including phenoxy) is 4. The normalized spacial score (nSPS) is 10.2. The van der Waals surface area contributed by atoms with Gasteiger partial charge >= 0.3 is 0 Å². The van der Waals surface area contributed by atoms with Crippen molar-refractivity contribution in [3.8, 4) is 45.6 Å². The molecule has 6 nitrogen and oxygen atoms in total. The molecule has 0 aliphatic heterocycles. The fourth-order valence-electron chi connectivity index (χ4n) is 2.12. The Balaban J connectivity index is 2.75. The molecule has 0 bridgehead atoms. The molecule has 0 heterocycles. The zero-order valence-electron chi connectivity index (χ0n) is 12.8. The van der Waals surface area contributed by atoms with Crippen LogP contribution in [0.4, 0.5) is 0 Å². The van der Waals surface area contributed by atoms with Gasteiger partial charge in [-0.15, -0.1) is 0 Å². The van der Waals surface area contributed by atoms with Crippen LogP contribution in [0.1, 0.15) is 0 Å². The van der Waals surface area contributed by atoms with E-state index in [-0.39, 0.29) is 23.0 Å². The predicted molar refractivity (Wildman–Crippen MR) is 81.4 cm³/mol. The average molecular weight is 306 g/mol. The Morgan fingerprint density at radius 1 is 0.591 bits per heavy atom. The van der Waals surface area contributed by atoms with Gasteiger partial charge in [0.15, 0.2) is 23.0 Å². The van der Waals surface area contributed by atoms with E-state index in [0.717, 1.165) is 0 Å². The zero-order valence-corrected chi connectivity index (χ0v) is 12.8. The lowest BCUT2D eigenvalue weighted by Crippen LogP contribution is -1.93. The van der Waals surface area contributed by atoms with Gasteiger partial charge in [0.1, 0.15) is 11.5 Å². The Labute approximate surface area is 128 Å². The highest BCUT2D eigenvalue weighted by atomic mass is 16.5. The summed E-state index contributed by atoms with van der Waals surface area (Å²) < 4.78 is 20.6. The molecule has 2 aromatic carbocycles. The summed E-state index contributed by atoms with van der Waals surface area (Å²) in [5, 5.41) is 20.7. The molecule has 0 aliphatic rings. The molecule has 0 unspecified atom stereocenters. The SMILES string of the molecule is COc1cc(OC)c(O)c(-c2cc(OC)cc(OC)c2O)c1. The minimum absolute atomic E-state index is 0.117. The van der Waals surface area contributed by atoms with Gasteiger partial charge in [0.25, 0.3) is 0 Å². The Morgan fingerprint density at radius 2 is 0.955 bits per heavy atom. The number of methoxy groups -OCH3 is 4. The highest BCUT2D eigenvalue weighted by Gasteiger charge is 2.19. The Kier molecular flexibility index (Phi) is 4.50. The highest BCUT2D eigenvalue weighted by Crippen LogP contribution is 2.47. The van der Waals surface area contributed by atoms with Gasteiger partial charge in [-0.2, -0.15) is 0 Å². The molecule has 6 heteroatoms. The van der Waals surface area contributed by atoms with Crippen LogP contribution in [0, 0.1) is 0 Å². The predicted octanol–water partition coefficient (Wildman–Crippen LogP) is 2.80. The maximum absolute atomic E-state index is 10.3. The van der Waals surface area contributed by atoms with E-state index in [1.807, 2.05) is 0 Å². The van der Waals surface area contributed by atoms with Crippen molar-refractivity contribution in [2.24, 2.45) is 0 Å². The first kappa shape index (κ1) is 15.6. The molecule has 0 saturated heterocycles. The quantitative estimate of drug-likeness (QED) is 0.884. The first-order valence-corrected chi connectivity index (χ1v) is 6.46. The van der Waals surface area contributed by atoms with Crippen LogP contribution in [0.3, 0.4) is 0 Å². The van der Waals surface area contributed by atoms with Gasteiger partial charge in [0.2, 0.25) is 0 Å². The minimum Gasteiger partial charge on any atom is -0.504 e. The van der Waals surface area contributed by atoms with E-state index in [1.54, 1.807) is 24.3 Å². The molecule has 22 heavy (non-hydrogen) atoms. The molecule has 0 amide bonds. The topological polar surface area (TPSA) is 77.4 Å². The molecule has 0 fully saturated rings. The van der Waals surface area contributed by atoms with Gasteiger partial charge in [0.05, 0.1) is 28.4 Å². The van der Waals surface area contributed by atoms with E-state index in [4.69, 9.17) is 18.9 Å². The second-order valence-electron chi connectivity index (χ2n) is 4.45. The van der Waals surface area contributed by atoms with Crippen LogP contribution in [0.15, 0.2) is 24.3 Å². The molecule has 118 valence electrons. The first-order chi connectivity index (χ1) is 10.5. The Hall–Kier alpha value is -2.76. The molecule has 0 spiro atoms. The summed E-state index contributed by atoms with van der Waals surface area (Å²) in [5.41, 5.74) is 0.678. The Bertz CT molecular complexity index is 621. The molecule has 0 radical (unpaired) electrons. The van der Waals surface area contributed by atoms with Crippen LogP contribution in [-0.2, 0) is 0 Å². The number of hydrogen-bond donors (Lipinski definition) is 2. The summed E-state index contributed by atoms with van der Waals surface area (Å²) in [7, 11) is 5.87. The lowest BCUT2D eigenvalue weighted by molar-refractivity contribution is 0.361. The summed E-state index contributed by atoms with van der Waals surface area (Å²) in [4.78, 5) is 0. The smallest absolute Gasteiger partial charge is 0.166 e. The number of rotatable bonds is 5. The van der Waals surface area contributed by atoms with Gasteiger partial charge in [-0.3, -0.25) is 0 Å². The van der Waals surface area contributed by atoms with Crippen LogP contribution in [-0.4, -0.2) is 38.7 Å². The van der Waals surface area contributed by atoms with Crippen molar-refractivity contribution in [1.82, 2.24) is 0 Å². The molecule has 0 aliphatic carbocycles. The van der Waals surface area contributed by atoms with Crippen molar-refractivity contribution in [3.05, 3.63) is 24.3 Å². The molecule has 2 rings (SSSR count). The third-order valence-electron chi connectivity index (χ3n) is 3.30. The van der Waals surface area contributed by atoms with Crippen molar-refractivity contribution in [2.75, 3.05) is 28.4 Å². The lowest BCUT2D eigenvalue weighted by atomic mass is 10.0. The average Bonchev–Trinajstić information content (AvgIpc) is 2.55. The van der Waals surface area contributed by atoms with Crippen LogP contribution < -0.4 is 18.9 Å². The lowest BCUT2D eigenvalue weighted by Gasteiger charge is -2.15. The molecule has 2 N–H and O–H groups in total. The molecule has 0 aromatic heterocycles. The molecular weight excluding hydrogens is 288 g/mol. The third kappa shape index (κ3) is 2.67. The second kappa shape index (κ2) is 6.34. The van der Waals surface area contributed by atoms with E-state index in [0.29, 0.717) is 22.6 Å². The molecular formula is C16H18O6. The summed E-state index contributed by atoms with van der Waals surface area (Å²) in [6.45, 7) is 0. The summed E-state index contributed by atoms with van der Waals surface area (Å²) in [6, 6.07) is 6.28. The number of phenolic OH excluding ortho intramolecular Hbond substituents is 2. The monoisotopic (exact) mass is 306 g/mol. The van der Waals surface area contributed by atoms with Crippen LogP contribution in [0.2, 0.25) is 0 Å². The van der Waals surface area contributed by atoms with E-state index in [1.165, 1.54) is 28.4 Å². The van der Waals surface area contributed by atoms with Crippen molar-refractivity contribution in [2.45, 2.75) is 0 Å². The van der Waals surface area contributed by atoms with Crippen LogP contribution in [0.5, 0.6) is 34.5 Å². The fourth-order valence-corrected chi connectivity index (χ4v) is 2.12. The molecule has 0 saturated carbocycles. The van der Waals surface area contributed by atoms with E-state index >= 15 is 0 Å². The van der Waals surface area contributed by atoms with Crippen molar-refractivity contribution >= 4 is 0 Å². The van der Waals surface area contributed by atoms with Crippen molar-refractivity contribution in [3.63, 3.8) is 0 Å². The summed E-state index contributed by atoms with van der Waals surface area (Å²) >= 11 is 0. The number of phenols is 2. The largest absolute Gasteiger partial charge is 0.504 e.